The summed E-state index contributed by atoms with van der Waals surface area (Å²) in [6.07, 6.45) is 3.11. The molecule has 2 amide bonds. The SMILES string of the molecule is O=C(NCc1cccs1)C(=O)NCC(c1ccco1)c1ccco1. The third kappa shape index (κ3) is 3.94. The molecule has 6 nitrogen and oxygen atoms in total. The fourth-order valence-corrected chi connectivity index (χ4v) is 2.90. The van der Waals surface area contributed by atoms with Crippen molar-refractivity contribution in [1.29, 1.82) is 0 Å². The minimum atomic E-state index is -0.685. The Hall–Kier alpha value is -2.80. The fraction of sp³-hybridized carbons (Fsp3) is 0.176. The van der Waals surface area contributed by atoms with Gasteiger partial charge >= 0.3 is 11.8 Å². The van der Waals surface area contributed by atoms with E-state index < -0.39 is 11.8 Å². The summed E-state index contributed by atoms with van der Waals surface area (Å²) in [5, 5.41) is 7.13. The Morgan fingerprint density at radius 1 is 0.958 bits per heavy atom. The van der Waals surface area contributed by atoms with Gasteiger partial charge in [0.1, 0.15) is 11.5 Å². The lowest BCUT2D eigenvalue weighted by atomic mass is 10.0. The van der Waals surface area contributed by atoms with Crippen molar-refractivity contribution in [1.82, 2.24) is 10.6 Å². The van der Waals surface area contributed by atoms with Gasteiger partial charge in [-0.1, -0.05) is 6.07 Å². The van der Waals surface area contributed by atoms with Crippen LogP contribution < -0.4 is 10.6 Å². The first kappa shape index (κ1) is 16.1. The molecule has 0 unspecified atom stereocenters. The highest BCUT2D eigenvalue weighted by atomic mass is 32.1. The molecule has 2 N–H and O–H groups in total. The number of carbonyl (C=O) groups excluding carboxylic acids is 2. The van der Waals surface area contributed by atoms with Crippen LogP contribution in [0.3, 0.4) is 0 Å². The second kappa shape index (κ2) is 7.65. The molecule has 0 aromatic carbocycles. The predicted octanol–water partition coefficient (Wildman–Crippen LogP) is 2.50. The lowest BCUT2D eigenvalue weighted by molar-refractivity contribution is -0.139. The molecule has 0 atom stereocenters. The Bertz CT molecular complexity index is 730. The van der Waals surface area contributed by atoms with Gasteiger partial charge in [0.2, 0.25) is 0 Å². The van der Waals surface area contributed by atoms with Gasteiger partial charge in [-0.15, -0.1) is 11.3 Å². The fourth-order valence-electron chi connectivity index (χ4n) is 2.26. The first-order chi connectivity index (χ1) is 11.7. The zero-order valence-electron chi connectivity index (χ0n) is 12.7. The Labute approximate surface area is 142 Å². The zero-order chi connectivity index (χ0) is 16.8. The molecular formula is C17H16N2O4S. The van der Waals surface area contributed by atoms with Gasteiger partial charge in [0, 0.05) is 11.4 Å². The minimum absolute atomic E-state index is 0.201. The summed E-state index contributed by atoms with van der Waals surface area (Å²) < 4.78 is 10.8. The highest BCUT2D eigenvalue weighted by Crippen LogP contribution is 2.24. The number of thiophene rings is 1. The van der Waals surface area contributed by atoms with Crippen molar-refractivity contribution >= 4 is 23.2 Å². The van der Waals surface area contributed by atoms with E-state index in [4.69, 9.17) is 8.83 Å². The molecule has 0 aliphatic heterocycles. The van der Waals surface area contributed by atoms with E-state index in [1.807, 2.05) is 17.5 Å². The van der Waals surface area contributed by atoms with Crippen molar-refractivity contribution in [2.75, 3.05) is 6.54 Å². The number of furan rings is 2. The summed E-state index contributed by atoms with van der Waals surface area (Å²) in [7, 11) is 0. The van der Waals surface area contributed by atoms with Crippen LogP contribution in [0.15, 0.2) is 63.1 Å². The molecule has 3 aromatic heterocycles. The molecule has 24 heavy (non-hydrogen) atoms. The monoisotopic (exact) mass is 344 g/mol. The lowest BCUT2D eigenvalue weighted by Crippen LogP contribution is -2.41. The van der Waals surface area contributed by atoms with Gasteiger partial charge in [0.05, 0.1) is 25.0 Å². The summed E-state index contributed by atoms with van der Waals surface area (Å²) in [5.41, 5.74) is 0. The van der Waals surface area contributed by atoms with E-state index in [2.05, 4.69) is 10.6 Å². The van der Waals surface area contributed by atoms with Crippen LogP contribution >= 0.6 is 11.3 Å². The van der Waals surface area contributed by atoms with Crippen molar-refractivity contribution in [2.45, 2.75) is 12.5 Å². The normalized spacial score (nSPS) is 10.7. The molecular weight excluding hydrogens is 328 g/mol. The smallest absolute Gasteiger partial charge is 0.309 e. The molecule has 0 saturated heterocycles. The van der Waals surface area contributed by atoms with Gasteiger partial charge in [-0.2, -0.15) is 0 Å². The number of hydrogen-bond donors (Lipinski definition) is 2. The lowest BCUT2D eigenvalue weighted by Gasteiger charge is -2.13. The Morgan fingerprint density at radius 2 is 1.62 bits per heavy atom. The quantitative estimate of drug-likeness (QED) is 0.673. The zero-order valence-corrected chi connectivity index (χ0v) is 13.5. The number of amides is 2. The molecule has 0 bridgehead atoms. The van der Waals surface area contributed by atoms with Crippen molar-refractivity contribution in [3.63, 3.8) is 0 Å². The first-order valence-corrected chi connectivity index (χ1v) is 8.27. The highest BCUT2D eigenvalue weighted by molar-refractivity contribution is 7.09. The van der Waals surface area contributed by atoms with Gasteiger partial charge in [-0.05, 0) is 35.7 Å². The second-order valence-corrected chi connectivity index (χ2v) is 6.09. The van der Waals surface area contributed by atoms with Crippen molar-refractivity contribution in [2.24, 2.45) is 0 Å². The molecule has 3 rings (SSSR count). The topological polar surface area (TPSA) is 84.5 Å². The van der Waals surface area contributed by atoms with E-state index in [1.165, 1.54) is 11.3 Å². The van der Waals surface area contributed by atoms with Crippen LogP contribution in [0.2, 0.25) is 0 Å². The van der Waals surface area contributed by atoms with Crippen molar-refractivity contribution < 1.29 is 18.4 Å². The van der Waals surface area contributed by atoms with E-state index in [-0.39, 0.29) is 12.5 Å². The van der Waals surface area contributed by atoms with E-state index in [9.17, 15) is 9.59 Å². The standard InChI is InChI=1S/C17H16N2O4S/c20-16(18-10-12-4-3-9-24-12)17(21)19-11-13(14-5-1-7-22-14)15-6-2-8-23-15/h1-9,13H,10-11H2,(H,18,20)(H,19,21). The Balaban J connectivity index is 1.56. The van der Waals surface area contributed by atoms with Crippen LogP contribution in [0.5, 0.6) is 0 Å². The summed E-state index contributed by atoms with van der Waals surface area (Å²) >= 11 is 1.52. The van der Waals surface area contributed by atoms with Crippen LogP contribution in [-0.2, 0) is 16.1 Å². The second-order valence-electron chi connectivity index (χ2n) is 5.06. The van der Waals surface area contributed by atoms with Gasteiger partial charge in [-0.3, -0.25) is 9.59 Å². The molecule has 0 fully saturated rings. The van der Waals surface area contributed by atoms with Crippen LogP contribution in [0.4, 0.5) is 0 Å². The minimum Gasteiger partial charge on any atom is -0.469 e. The first-order valence-electron chi connectivity index (χ1n) is 7.39. The summed E-state index contributed by atoms with van der Waals surface area (Å²) in [5.74, 6) is -0.326. The maximum atomic E-state index is 12.0. The van der Waals surface area contributed by atoms with Gasteiger partial charge in [0.15, 0.2) is 0 Å². The summed E-state index contributed by atoms with van der Waals surface area (Å²) in [4.78, 5) is 24.8. The average molecular weight is 344 g/mol. The Morgan fingerprint density at radius 3 is 2.17 bits per heavy atom. The van der Waals surface area contributed by atoms with Crippen molar-refractivity contribution in [3.05, 3.63) is 70.7 Å². The molecule has 0 saturated carbocycles. The maximum absolute atomic E-state index is 12.0. The molecule has 124 valence electrons. The number of nitrogens with one attached hydrogen (secondary N) is 2. The van der Waals surface area contributed by atoms with Crippen LogP contribution in [0.25, 0.3) is 0 Å². The molecule has 7 heteroatoms. The van der Waals surface area contributed by atoms with Gasteiger partial charge in [0.25, 0.3) is 0 Å². The molecule has 0 radical (unpaired) electrons. The maximum Gasteiger partial charge on any atom is 0.309 e. The summed E-state index contributed by atoms with van der Waals surface area (Å²) in [6, 6.07) is 10.9. The van der Waals surface area contributed by atoms with Crippen LogP contribution in [0, 0.1) is 0 Å². The molecule has 3 heterocycles. The highest BCUT2D eigenvalue weighted by Gasteiger charge is 2.22. The van der Waals surface area contributed by atoms with E-state index >= 15 is 0 Å². The average Bonchev–Trinajstić information content (AvgIpc) is 3.35. The van der Waals surface area contributed by atoms with Gasteiger partial charge in [-0.25, -0.2) is 0 Å². The summed E-state index contributed by atoms with van der Waals surface area (Å²) in [6.45, 7) is 0.538. The third-order valence-corrected chi connectivity index (χ3v) is 4.33. The molecule has 3 aromatic rings. The van der Waals surface area contributed by atoms with E-state index in [0.717, 1.165) is 4.88 Å². The number of carbonyl (C=O) groups is 2. The Kier molecular flexibility index (Phi) is 5.12. The van der Waals surface area contributed by atoms with Crippen molar-refractivity contribution in [3.8, 4) is 0 Å². The van der Waals surface area contributed by atoms with E-state index in [1.54, 1.807) is 36.8 Å². The van der Waals surface area contributed by atoms with Gasteiger partial charge < -0.3 is 19.5 Å². The number of rotatable bonds is 6. The largest absolute Gasteiger partial charge is 0.469 e. The van der Waals surface area contributed by atoms with E-state index in [0.29, 0.717) is 18.1 Å². The molecule has 0 aliphatic carbocycles. The third-order valence-electron chi connectivity index (χ3n) is 3.45. The predicted molar refractivity (Wildman–Crippen MR) is 88.4 cm³/mol. The molecule has 0 aliphatic rings. The van der Waals surface area contributed by atoms with Crippen LogP contribution in [-0.4, -0.2) is 18.4 Å². The number of hydrogen-bond acceptors (Lipinski definition) is 5. The van der Waals surface area contributed by atoms with Crippen LogP contribution in [0.1, 0.15) is 22.3 Å². The molecule has 0 spiro atoms.